The second-order valence-electron chi connectivity index (χ2n) is 12.1. The third-order valence-corrected chi connectivity index (χ3v) is 61.5. The molecule has 2 aliphatic rings. The first-order chi connectivity index (χ1) is 19.1. The van der Waals surface area contributed by atoms with Crippen molar-refractivity contribution < 1.29 is 15.6 Å². The number of hydrogen-bond donors (Lipinski definition) is 0. The summed E-state index contributed by atoms with van der Waals surface area (Å²) in [6.45, 7) is 9.43. The number of fused-ring (bicyclic) bond motifs is 2. The molecule has 2 heterocycles. The molecular weight excluding hydrogens is 627 g/mol. The van der Waals surface area contributed by atoms with Crippen LogP contribution >= 0.6 is 17.0 Å². The Hall–Kier alpha value is -1.84. The number of rotatable bonds is 7. The second-order valence-corrected chi connectivity index (χ2v) is 54.6. The molecule has 0 saturated heterocycles. The van der Waals surface area contributed by atoms with Crippen LogP contribution in [0.25, 0.3) is 34.4 Å². The van der Waals surface area contributed by atoms with Crippen molar-refractivity contribution >= 4 is 35.1 Å². The van der Waals surface area contributed by atoms with Gasteiger partial charge in [0, 0.05) is 0 Å². The van der Waals surface area contributed by atoms with Gasteiger partial charge in [-0.25, -0.2) is 0 Å². The number of nitrogens with zero attached hydrogens (tertiary/aromatic N) is 2. The van der Waals surface area contributed by atoms with Crippen molar-refractivity contribution in [3.8, 4) is 22.3 Å². The molecule has 0 saturated carbocycles. The fourth-order valence-electron chi connectivity index (χ4n) is 7.51. The Bertz CT molecular complexity index is 1570. The predicted molar refractivity (Wildman–Crippen MR) is 174 cm³/mol. The van der Waals surface area contributed by atoms with Gasteiger partial charge in [0.15, 0.2) is 0 Å². The van der Waals surface area contributed by atoms with Crippen molar-refractivity contribution in [2.24, 2.45) is 14.1 Å². The normalized spacial score (nSPS) is 19.3. The van der Waals surface area contributed by atoms with Crippen molar-refractivity contribution in [1.29, 1.82) is 0 Å². The van der Waals surface area contributed by atoms with Gasteiger partial charge in [-0.2, -0.15) is 0 Å². The third kappa shape index (κ3) is 4.12. The average molecular weight is 666 g/mol. The molecule has 6 heteroatoms. The average Bonchev–Trinajstić information content (AvgIpc) is 3.72. The van der Waals surface area contributed by atoms with Gasteiger partial charge in [-0.05, 0) is 0 Å². The van der Waals surface area contributed by atoms with Crippen LogP contribution in [0, 0.1) is 0 Å². The Morgan fingerprint density at radius 3 is 1.45 bits per heavy atom. The monoisotopic (exact) mass is 663 g/mol. The molecule has 207 valence electrons. The molecule has 2 aromatic heterocycles. The van der Waals surface area contributed by atoms with Gasteiger partial charge in [-0.15, -0.1) is 0 Å². The van der Waals surface area contributed by atoms with E-state index in [9.17, 15) is 0 Å². The van der Waals surface area contributed by atoms with Gasteiger partial charge >= 0.3 is 250 Å². The van der Waals surface area contributed by atoms with E-state index < -0.39 is 21.5 Å². The zero-order chi connectivity index (χ0) is 28.4. The Kier molecular flexibility index (Phi) is 7.18. The van der Waals surface area contributed by atoms with E-state index in [0.717, 1.165) is 12.8 Å². The van der Waals surface area contributed by atoms with E-state index in [4.69, 9.17) is 17.0 Å². The van der Waals surface area contributed by atoms with Gasteiger partial charge in [-0.1, -0.05) is 0 Å². The molecule has 0 radical (unpaired) electrons. The van der Waals surface area contributed by atoms with E-state index in [1.54, 1.807) is 0 Å². The van der Waals surface area contributed by atoms with E-state index in [-0.39, 0.29) is 7.25 Å². The van der Waals surface area contributed by atoms with Gasteiger partial charge in [0.25, 0.3) is 0 Å². The van der Waals surface area contributed by atoms with Crippen molar-refractivity contribution in [3.63, 3.8) is 0 Å². The van der Waals surface area contributed by atoms with E-state index in [2.05, 4.69) is 136 Å². The summed E-state index contributed by atoms with van der Waals surface area (Å²) in [6.07, 6.45) is 15.5. The molecule has 6 rings (SSSR count). The first-order valence-corrected chi connectivity index (χ1v) is 30.9. The number of benzene rings is 2. The maximum absolute atomic E-state index is 8.50. The number of halogens is 2. The SMILES string of the molecule is CCC1=Cc2c(-c3ccn(C)c3)cccc2[CH]1[Zr]([Cl])([Cl])([CH]1C(CC)=Cc2c(-c3ccn(C)c3)cccc21)[SiH](C)C. The van der Waals surface area contributed by atoms with Crippen molar-refractivity contribution in [3.05, 3.63) is 107 Å². The molecular formula is C34H39Cl2N2SiZr. The van der Waals surface area contributed by atoms with Crippen LogP contribution in [0.5, 0.6) is 0 Å². The Labute approximate surface area is 248 Å². The summed E-state index contributed by atoms with van der Waals surface area (Å²) in [7, 11) is 21.2. The summed E-state index contributed by atoms with van der Waals surface area (Å²) < 4.78 is 4.51. The molecule has 40 heavy (non-hydrogen) atoms. The fraction of sp³-hybridized carbons (Fsp3) is 0.294. The molecule has 2 aliphatic carbocycles. The Morgan fingerprint density at radius 1 is 0.700 bits per heavy atom. The molecule has 0 spiro atoms. The van der Waals surface area contributed by atoms with Gasteiger partial charge in [0.1, 0.15) is 0 Å². The van der Waals surface area contributed by atoms with Gasteiger partial charge in [-0.3, -0.25) is 0 Å². The van der Waals surface area contributed by atoms with Crippen LogP contribution in [0.15, 0.2) is 84.5 Å². The summed E-state index contributed by atoms with van der Waals surface area (Å²) in [5.74, 6) is -1.56. The Balaban J connectivity index is 1.59. The molecule has 0 amide bonds. The topological polar surface area (TPSA) is 9.86 Å². The molecule has 0 N–H and O–H groups in total. The van der Waals surface area contributed by atoms with Crippen LogP contribution in [-0.2, 0) is 29.7 Å². The predicted octanol–water partition coefficient (Wildman–Crippen LogP) is 10.1. The van der Waals surface area contributed by atoms with E-state index in [0.29, 0.717) is 0 Å². The van der Waals surface area contributed by atoms with Crippen molar-refractivity contribution in [2.45, 2.75) is 47.0 Å². The third-order valence-electron chi connectivity index (χ3n) is 9.61. The molecule has 2 aromatic carbocycles. The van der Waals surface area contributed by atoms with Crippen LogP contribution in [-0.4, -0.2) is 15.1 Å². The van der Waals surface area contributed by atoms with Gasteiger partial charge in [0.05, 0.1) is 0 Å². The first kappa shape index (κ1) is 28.3. The molecule has 2 unspecified atom stereocenters. The van der Waals surface area contributed by atoms with E-state index in [1.165, 1.54) is 55.7 Å². The minimum atomic E-state index is -4.70. The first-order valence-electron chi connectivity index (χ1n) is 14.6. The van der Waals surface area contributed by atoms with Crippen LogP contribution in [0.2, 0.25) is 13.1 Å². The molecule has 2 atom stereocenters. The van der Waals surface area contributed by atoms with Gasteiger partial charge in [0.2, 0.25) is 0 Å². The Morgan fingerprint density at radius 2 is 1.12 bits per heavy atom. The zero-order valence-corrected chi connectivity index (χ0v) is 29.5. The number of aromatic nitrogens is 2. The number of allylic oxidation sites excluding steroid dienone is 2. The molecule has 0 fully saturated rings. The summed E-state index contributed by atoms with van der Waals surface area (Å²) in [5.41, 5.74) is 13.3. The minimum absolute atomic E-state index is 0.131. The molecule has 2 nitrogen and oxygen atoms in total. The van der Waals surface area contributed by atoms with Crippen LogP contribution < -0.4 is 0 Å². The van der Waals surface area contributed by atoms with Crippen LogP contribution in [0.3, 0.4) is 0 Å². The molecule has 4 aromatic rings. The van der Waals surface area contributed by atoms with E-state index in [1.807, 2.05) is 0 Å². The van der Waals surface area contributed by atoms with Crippen LogP contribution in [0.1, 0.15) is 56.2 Å². The number of hydrogen-bond acceptors (Lipinski definition) is 0. The van der Waals surface area contributed by atoms with E-state index >= 15 is 0 Å². The standard InChI is InChI=1S/2C16H16N.C2H7Si.2ClH.Zr/c2*1-3-12-9-13-5-4-6-15(16(13)10-12)14-7-8-17(2)11-14;1-3-2;;;/h2*4-11H,3H2,1-2H3;3H,1-2H3;2*1H;/q;;;;;+2/p-2. The zero-order valence-electron chi connectivity index (χ0n) is 24.4. The molecule has 0 aliphatic heterocycles. The van der Waals surface area contributed by atoms with Crippen molar-refractivity contribution in [2.75, 3.05) is 0 Å². The summed E-state index contributed by atoms with van der Waals surface area (Å²) in [4.78, 5) is 0. The maximum atomic E-state index is 8.50. The number of aryl methyl sites for hydroxylation is 2. The summed E-state index contributed by atoms with van der Waals surface area (Å²) >= 11 is -4.70. The second kappa shape index (κ2) is 10.2. The van der Waals surface area contributed by atoms with Crippen molar-refractivity contribution in [1.82, 2.24) is 9.13 Å². The fourth-order valence-corrected chi connectivity index (χ4v) is 39.3. The summed E-state index contributed by atoms with van der Waals surface area (Å²) in [5, 5.41) is 0. The summed E-state index contributed by atoms with van der Waals surface area (Å²) in [6, 6.07) is 18.0. The van der Waals surface area contributed by atoms with Crippen LogP contribution in [0.4, 0.5) is 0 Å². The molecule has 0 bridgehead atoms. The van der Waals surface area contributed by atoms with Gasteiger partial charge < -0.3 is 0 Å². The quantitative estimate of drug-likeness (QED) is 0.174.